The maximum absolute atomic E-state index is 12.6. The molecule has 1 N–H and O–H groups in total. The van der Waals surface area contributed by atoms with E-state index < -0.39 is 11.9 Å². The van der Waals surface area contributed by atoms with Crippen LogP contribution >= 0.6 is 0 Å². The Kier molecular flexibility index (Phi) is 2.89. The Balaban J connectivity index is 1.92. The van der Waals surface area contributed by atoms with Crippen LogP contribution in [0.4, 0.5) is 0 Å². The summed E-state index contributed by atoms with van der Waals surface area (Å²) in [4.78, 5) is 29.3. The van der Waals surface area contributed by atoms with Gasteiger partial charge in [-0.05, 0) is 13.3 Å². The lowest BCUT2D eigenvalue weighted by Crippen LogP contribution is -2.37. The lowest BCUT2D eigenvalue weighted by Gasteiger charge is -2.22. The molecule has 7 nitrogen and oxygen atoms in total. The quantitative estimate of drug-likeness (QED) is 0.869. The molecule has 0 bridgehead atoms. The molecular formula is C13H14N4O3. The molecule has 3 rings (SSSR count). The summed E-state index contributed by atoms with van der Waals surface area (Å²) in [5.74, 6) is -1.54. The van der Waals surface area contributed by atoms with Gasteiger partial charge >= 0.3 is 5.97 Å². The van der Waals surface area contributed by atoms with Gasteiger partial charge in [0.05, 0.1) is 29.4 Å². The van der Waals surface area contributed by atoms with Crippen molar-refractivity contribution in [2.24, 2.45) is 5.92 Å². The van der Waals surface area contributed by atoms with Crippen LogP contribution in [-0.4, -0.2) is 49.1 Å². The summed E-state index contributed by atoms with van der Waals surface area (Å²) < 4.78 is 1.58. The van der Waals surface area contributed by atoms with E-state index >= 15 is 0 Å². The number of amides is 1. The van der Waals surface area contributed by atoms with Gasteiger partial charge in [-0.2, -0.15) is 5.10 Å². The van der Waals surface area contributed by atoms with Gasteiger partial charge in [0.2, 0.25) is 0 Å². The van der Waals surface area contributed by atoms with Crippen LogP contribution in [0.15, 0.2) is 24.8 Å². The normalized spacial score (nSPS) is 22.4. The summed E-state index contributed by atoms with van der Waals surface area (Å²) in [6, 6.07) is -0.313. The van der Waals surface area contributed by atoms with Gasteiger partial charge in [-0.25, -0.2) is 4.52 Å². The number of nitrogens with zero attached hydrogens (tertiary/aromatic N) is 4. The highest BCUT2D eigenvalue weighted by Gasteiger charge is 2.38. The zero-order valence-electron chi connectivity index (χ0n) is 10.9. The number of aromatic nitrogens is 3. The number of carboxylic acid groups (broad SMARTS) is 1. The molecule has 1 saturated heterocycles. The molecule has 3 heterocycles. The third-order valence-corrected chi connectivity index (χ3v) is 3.89. The minimum absolute atomic E-state index is 0.191. The number of fused-ring (bicyclic) bond motifs is 1. The Morgan fingerprint density at radius 3 is 2.90 bits per heavy atom. The van der Waals surface area contributed by atoms with E-state index in [2.05, 4.69) is 10.1 Å². The van der Waals surface area contributed by atoms with E-state index in [1.54, 1.807) is 34.9 Å². The molecule has 0 aliphatic carbocycles. The minimum Gasteiger partial charge on any atom is -0.481 e. The Bertz CT molecular complexity index is 681. The molecule has 20 heavy (non-hydrogen) atoms. The third kappa shape index (κ3) is 1.82. The van der Waals surface area contributed by atoms with Crippen LogP contribution in [0, 0.1) is 5.92 Å². The molecule has 1 aliphatic rings. The molecular weight excluding hydrogens is 260 g/mol. The van der Waals surface area contributed by atoms with Crippen LogP contribution in [0.1, 0.15) is 23.7 Å². The molecule has 7 heteroatoms. The van der Waals surface area contributed by atoms with Crippen molar-refractivity contribution < 1.29 is 14.7 Å². The zero-order chi connectivity index (χ0) is 14.3. The van der Waals surface area contributed by atoms with Crippen molar-refractivity contribution in [1.82, 2.24) is 19.5 Å². The van der Waals surface area contributed by atoms with Crippen LogP contribution in [0.2, 0.25) is 0 Å². The van der Waals surface area contributed by atoms with Crippen molar-refractivity contribution in [3.63, 3.8) is 0 Å². The highest BCUT2D eigenvalue weighted by Crippen LogP contribution is 2.26. The Morgan fingerprint density at radius 2 is 2.20 bits per heavy atom. The average Bonchev–Trinajstić information content (AvgIpc) is 3.01. The molecule has 1 amide bonds. The summed E-state index contributed by atoms with van der Waals surface area (Å²) in [5.41, 5.74) is 1.08. The molecule has 104 valence electrons. The van der Waals surface area contributed by atoms with Gasteiger partial charge < -0.3 is 10.0 Å². The lowest BCUT2D eigenvalue weighted by molar-refractivity contribution is -0.142. The minimum atomic E-state index is -0.852. The molecule has 0 saturated carbocycles. The van der Waals surface area contributed by atoms with Gasteiger partial charge in [0.25, 0.3) is 5.91 Å². The van der Waals surface area contributed by atoms with Gasteiger partial charge in [0.15, 0.2) is 0 Å². The van der Waals surface area contributed by atoms with E-state index in [0.717, 1.165) is 0 Å². The second-order valence-electron chi connectivity index (χ2n) is 4.94. The smallest absolute Gasteiger partial charge is 0.308 e. The van der Waals surface area contributed by atoms with Crippen molar-refractivity contribution in [3.8, 4) is 0 Å². The summed E-state index contributed by atoms with van der Waals surface area (Å²) in [5, 5.41) is 13.2. The number of rotatable bonds is 2. The molecule has 1 fully saturated rings. The van der Waals surface area contributed by atoms with Gasteiger partial charge in [-0.3, -0.25) is 14.6 Å². The molecule has 0 radical (unpaired) electrons. The predicted molar refractivity (Wildman–Crippen MR) is 69.2 cm³/mol. The summed E-state index contributed by atoms with van der Waals surface area (Å²) in [6.45, 7) is 2.22. The molecule has 1 aliphatic heterocycles. The number of carbonyl (C=O) groups is 2. The van der Waals surface area contributed by atoms with Crippen LogP contribution in [0.3, 0.4) is 0 Å². The third-order valence-electron chi connectivity index (χ3n) is 3.89. The number of carbonyl (C=O) groups excluding carboxylic acids is 1. The van der Waals surface area contributed by atoms with Crippen molar-refractivity contribution in [2.75, 3.05) is 6.54 Å². The number of carboxylic acids is 1. The largest absolute Gasteiger partial charge is 0.481 e. The van der Waals surface area contributed by atoms with Gasteiger partial charge in [0.1, 0.15) is 0 Å². The summed E-state index contributed by atoms with van der Waals surface area (Å²) in [7, 11) is 0. The summed E-state index contributed by atoms with van der Waals surface area (Å²) in [6.07, 6.45) is 6.82. The van der Waals surface area contributed by atoms with Crippen LogP contribution in [-0.2, 0) is 4.79 Å². The highest BCUT2D eigenvalue weighted by atomic mass is 16.4. The van der Waals surface area contributed by atoms with E-state index in [4.69, 9.17) is 5.11 Å². The fraction of sp³-hybridized carbons (Fsp3) is 0.385. The fourth-order valence-corrected chi connectivity index (χ4v) is 2.71. The topological polar surface area (TPSA) is 87.8 Å². The second kappa shape index (κ2) is 4.59. The number of hydrogen-bond acceptors (Lipinski definition) is 4. The van der Waals surface area contributed by atoms with Crippen LogP contribution in [0.25, 0.3) is 5.52 Å². The van der Waals surface area contributed by atoms with Crippen molar-refractivity contribution in [2.45, 2.75) is 19.4 Å². The first-order chi connectivity index (χ1) is 9.59. The van der Waals surface area contributed by atoms with E-state index in [0.29, 0.717) is 24.0 Å². The SMILES string of the molecule is CC1C(C(=O)O)CCN1C(=O)c1cnn2ccncc12. The van der Waals surface area contributed by atoms with Gasteiger partial charge in [0, 0.05) is 25.0 Å². The standard InChI is InChI=1S/C13H14N4O3/c1-8-9(13(19)20)2-4-16(8)12(18)10-6-15-17-5-3-14-7-11(10)17/h3,5-9H,2,4H2,1H3,(H,19,20). The van der Waals surface area contributed by atoms with E-state index in [1.165, 1.54) is 6.20 Å². The Hall–Kier alpha value is -2.44. The molecule has 2 unspecified atom stereocenters. The monoisotopic (exact) mass is 274 g/mol. The van der Waals surface area contributed by atoms with E-state index in [1.807, 2.05) is 0 Å². The van der Waals surface area contributed by atoms with Crippen molar-refractivity contribution in [3.05, 3.63) is 30.4 Å². The molecule has 0 spiro atoms. The number of aliphatic carboxylic acids is 1. The molecule has 2 aromatic heterocycles. The van der Waals surface area contributed by atoms with E-state index in [9.17, 15) is 9.59 Å². The Morgan fingerprint density at radius 1 is 1.40 bits per heavy atom. The Labute approximate surface area is 114 Å². The van der Waals surface area contributed by atoms with Crippen molar-refractivity contribution in [1.29, 1.82) is 0 Å². The predicted octanol–water partition coefficient (Wildman–Crippen LogP) is 0.664. The number of hydrogen-bond donors (Lipinski definition) is 1. The average molecular weight is 274 g/mol. The fourth-order valence-electron chi connectivity index (χ4n) is 2.71. The zero-order valence-corrected chi connectivity index (χ0v) is 10.9. The molecule has 2 atom stereocenters. The van der Waals surface area contributed by atoms with Gasteiger partial charge in [-0.1, -0.05) is 0 Å². The van der Waals surface area contributed by atoms with Gasteiger partial charge in [-0.15, -0.1) is 0 Å². The van der Waals surface area contributed by atoms with Crippen LogP contribution in [0.5, 0.6) is 0 Å². The first-order valence-corrected chi connectivity index (χ1v) is 6.40. The first-order valence-electron chi connectivity index (χ1n) is 6.40. The molecule has 2 aromatic rings. The second-order valence-corrected chi connectivity index (χ2v) is 4.94. The molecule has 0 aromatic carbocycles. The van der Waals surface area contributed by atoms with Crippen LogP contribution < -0.4 is 0 Å². The highest BCUT2D eigenvalue weighted by molar-refractivity contribution is 6.01. The maximum Gasteiger partial charge on any atom is 0.308 e. The summed E-state index contributed by atoms with van der Waals surface area (Å²) >= 11 is 0. The first kappa shape index (κ1) is 12.6. The lowest BCUT2D eigenvalue weighted by atomic mass is 10.0. The number of likely N-dealkylation sites (tertiary alicyclic amines) is 1. The van der Waals surface area contributed by atoms with Crippen molar-refractivity contribution >= 4 is 17.4 Å². The van der Waals surface area contributed by atoms with E-state index in [-0.39, 0.29) is 11.9 Å². The maximum atomic E-state index is 12.6.